The molecule has 0 saturated carbocycles. The number of carbonyl (C=O) groups is 1. The number of benzene rings is 2. The average molecular weight is 381 g/mol. The lowest BCUT2D eigenvalue weighted by Crippen LogP contribution is -2.36. The fraction of sp³-hybridized carbons (Fsp3) is 0.381. The van der Waals surface area contributed by atoms with Crippen LogP contribution in [0.2, 0.25) is 0 Å². The van der Waals surface area contributed by atoms with Crippen molar-refractivity contribution in [1.82, 2.24) is 15.0 Å². The molecule has 28 heavy (non-hydrogen) atoms. The van der Waals surface area contributed by atoms with Crippen LogP contribution in [0.3, 0.4) is 0 Å². The van der Waals surface area contributed by atoms with Crippen molar-refractivity contribution in [3.8, 4) is 17.1 Å². The minimum absolute atomic E-state index is 0.227. The molecule has 146 valence electrons. The van der Waals surface area contributed by atoms with Crippen molar-refractivity contribution in [3.05, 3.63) is 42.3 Å². The van der Waals surface area contributed by atoms with Crippen LogP contribution >= 0.6 is 0 Å². The van der Waals surface area contributed by atoms with Gasteiger partial charge in [0.25, 0.3) is 0 Å². The van der Waals surface area contributed by atoms with E-state index in [1.165, 1.54) is 0 Å². The predicted octanol–water partition coefficient (Wildman–Crippen LogP) is 4.67. The van der Waals surface area contributed by atoms with Crippen LogP contribution in [0.15, 0.2) is 40.9 Å². The molecule has 0 unspecified atom stereocenters. The zero-order valence-corrected chi connectivity index (χ0v) is 16.2. The lowest BCUT2D eigenvalue weighted by molar-refractivity contribution is 0.0199. The summed E-state index contributed by atoms with van der Waals surface area (Å²) in [6, 6.07) is 10.7. The zero-order chi connectivity index (χ0) is 19.9. The maximum absolute atomic E-state index is 12.5. The third-order valence-corrected chi connectivity index (χ3v) is 4.69. The highest BCUT2D eigenvalue weighted by Gasteiger charge is 2.36. The molecule has 3 aromatic rings. The first-order chi connectivity index (χ1) is 13.3. The standard InChI is InChI=1S/C21H23N3O4/c1-21(2,3)27-20(26)24-10-4-5-17(24)19-22-18(23-28-19)15-7-6-14-12-16(25)9-8-13(14)11-15/h6-9,11-12,17,25H,4-5,10H2,1-3H3/t17-/m0/s1. The number of phenolic OH excluding ortho intramolecular Hbond substituents is 1. The van der Waals surface area contributed by atoms with E-state index in [0.29, 0.717) is 18.3 Å². The van der Waals surface area contributed by atoms with Crippen molar-refractivity contribution in [2.45, 2.75) is 45.3 Å². The number of amides is 1. The zero-order valence-electron chi connectivity index (χ0n) is 16.2. The third kappa shape index (κ3) is 3.65. The van der Waals surface area contributed by atoms with Gasteiger partial charge in [0.05, 0.1) is 0 Å². The fourth-order valence-corrected chi connectivity index (χ4v) is 3.42. The van der Waals surface area contributed by atoms with Crippen LogP contribution in [-0.4, -0.2) is 38.4 Å². The smallest absolute Gasteiger partial charge is 0.410 e. The normalized spacial score (nSPS) is 17.2. The highest BCUT2D eigenvalue weighted by Crippen LogP contribution is 2.33. The Bertz CT molecular complexity index is 1020. The first kappa shape index (κ1) is 18.3. The van der Waals surface area contributed by atoms with E-state index in [2.05, 4.69) is 10.1 Å². The molecule has 1 N–H and O–H groups in total. The maximum atomic E-state index is 12.5. The molecule has 0 spiro atoms. The minimum Gasteiger partial charge on any atom is -0.508 e. The van der Waals surface area contributed by atoms with E-state index in [-0.39, 0.29) is 17.9 Å². The molecule has 0 aliphatic carbocycles. The van der Waals surface area contributed by atoms with Crippen molar-refractivity contribution in [1.29, 1.82) is 0 Å². The second-order valence-electron chi connectivity index (χ2n) is 8.03. The van der Waals surface area contributed by atoms with Gasteiger partial charge in [-0.15, -0.1) is 0 Å². The SMILES string of the molecule is CC(C)(C)OC(=O)N1CCC[C@H]1c1nc(-c2ccc3cc(O)ccc3c2)no1. The monoisotopic (exact) mass is 381 g/mol. The molecule has 4 rings (SSSR count). The fourth-order valence-electron chi connectivity index (χ4n) is 3.42. The molecule has 1 aromatic heterocycles. The highest BCUT2D eigenvalue weighted by atomic mass is 16.6. The van der Waals surface area contributed by atoms with Gasteiger partial charge in [-0.05, 0) is 62.6 Å². The number of hydrogen-bond donors (Lipinski definition) is 1. The van der Waals surface area contributed by atoms with Gasteiger partial charge in [-0.3, -0.25) is 4.90 Å². The van der Waals surface area contributed by atoms with Crippen LogP contribution in [0.25, 0.3) is 22.2 Å². The quantitative estimate of drug-likeness (QED) is 0.694. The second-order valence-corrected chi connectivity index (χ2v) is 8.03. The summed E-state index contributed by atoms with van der Waals surface area (Å²) in [5.74, 6) is 1.12. The molecule has 0 radical (unpaired) electrons. The van der Waals surface area contributed by atoms with E-state index >= 15 is 0 Å². The number of aromatic hydroxyl groups is 1. The topological polar surface area (TPSA) is 88.7 Å². The van der Waals surface area contributed by atoms with Gasteiger partial charge in [0, 0.05) is 12.1 Å². The Balaban J connectivity index is 1.58. The highest BCUT2D eigenvalue weighted by molar-refractivity contribution is 5.87. The molecule has 1 fully saturated rings. The van der Waals surface area contributed by atoms with Gasteiger partial charge in [0.1, 0.15) is 17.4 Å². The van der Waals surface area contributed by atoms with Gasteiger partial charge in [-0.2, -0.15) is 4.98 Å². The molecule has 7 heteroatoms. The van der Waals surface area contributed by atoms with Crippen molar-refractivity contribution in [3.63, 3.8) is 0 Å². The molecule has 2 aromatic carbocycles. The maximum Gasteiger partial charge on any atom is 0.410 e. The molecule has 1 aliphatic heterocycles. The van der Waals surface area contributed by atoms with E-state index in [1.54, 1.807) is 17.0 Å². The molecular formula is C21H23N3O4. The Morgan fingerprint density at radius 3 is 2.75 bits per heavy atom. The van der Waals surface area contributed by atoms with Crippen LogP contribution in [0.5, 0.6) is 5.75 Å². The summed E-state index contributed by atoms with van der Waals surface area (Å²) in [6.07, 6.45) is 1.26. The van der Waals surface area contributed by atoms with Crippen molar-refractivity contribution >= 4 is 16.9 Å². The van der Waals surface area contributed by atoms with Gasteiger partial charge < -0.3 is 14.4 Å². The summed E-state index contributed by atoms with van der Waals surface area (Å²) < 4.78 is 11.0. The Morgan fingerprint density at radius 1 is 1.21 bits per heavy atom. The first-order valence-corrected chi connectivity index (χ1v) is 9.36. The van der Waals surface area contributed by atoms with Crippen LogP contribution in [0, 0.1) is 0 Å². The van der Waals surface area contributed by atoms with Crippen LogP contribution in [0.4, 0.5) is 4.79 Å². The Kier molecular flexibility index (Phi) is 4.45. The summed E-state index contributed by atoms with van der Waals surface area (Å²) >= 11 is 0. The van der Waals surface area contributed by atoms with E-state index < -0.39 is 5.60 Å². The van der Waals surface area contributed by atoms with E-state index in [4.69, 9.17) is 9.26 Å². The summed E-state index contributed by atoms with van der Waals surface area (Å²) in [6.45, 7) is 6.15. The van der Waals surface area contributed by atoms with E-state index in [0.717, 1.165) is 29.2 Å². The van der Waals surface area contributed by atoms with Crippen LogP contribution < -0.4 is 0 Å². The minimum atomic E-state index is -0.552. The number of ether oxygens (including phenoxy) is 1. The average Bonchev–Trinajstić information content (AvgIpc) is 3.29. The van der Waals surface area contributed by atoms with Crippen molar-refractivity contribution < 1.29 is 19.2 Å². The molecule has 1 atom stereocenters. The lowest BCUT2D eigenvalue weighted by Gasteiger charge is -2.26. The van der Waals surface area contributed by atoms with E-state index in [1.807, 2.05) is 45.0 Å². The van der Waals surface area contributed by atoms with Gasteiger partial charge in [0.2, 0.25) is 11.7 Å². The number of hydrogen-bond acceptors (Lipinski definition) is 6. The van der Waals surface area contributed by atoms with Crippen molar-refractivity contribution in [2.75, 3.05) is 6.54 Å². The molecule has 1 aliphatic rings. The summed E-state index contributed by atoms with van der Waals surface area (Å²) in [5, 5.41) is 15.6. The largest absolute Gasteiger partial charge is 0.508 e. The first-order valence-electron chi connectivity index (χ1n) is 9.36. The molecule has 2 heterocycles. The Labute approximate surface area is 162 Å². The Morgan fingerprint density at radius 2 is 1.96 bits per heavy atom. The number of nitrogens with zero attached hydrogens (tertiary/aromatic N) is 3. The number of fused-ring (bicyclic) bond motifs is 1. The number of phenols is 1. The van der Waals surface area contributed by atoms with Gasteiger partial charge in [-0.25, -0.2) is 4.79 Å². The lowest BCUT2D eigenvalue weighted by atomic mass is 10.1. The second kappa shape index (κ2) is 6.82. The van der Waals surface area contributed by atoms with Crippen LogP contribution in [-0.2, 0) is 4.74 Å². The number of likely N-dealkylation sites (tertiary alicyclic amines) is 1. The third-order valence-electron chi connectivity index (χ3n) is 4.69. The molecular weight excluding hydrogens is 358 g/mol. The molecule has 1 amide bonds. The number of rotatable bonds is 2. The van der Waals surface area contributed by atoms with Gasteiger partial charge in [0.15, 0.2) is 0 Å². The van der Waals surface area contributed by atoms with Gasteiger partial charge in [-0.1, -0.05) is 23.4 Å². The number of carbonyl (C=O) groups excluding carboxylic acids is 1. The van der Waals surface area contributed by atoms with Crippen LogP contribution in [0.1, 0.15) is 45.5 Å². The van der Waals surface area contributed by atoms with Crippen molar-refractivity contribution in [2.24, 2.45) is 0 Å². The molecule has 1 saturated heterocycles. The number of aromatic nitrogens is 2. The summed E-state index contributed by atoms with van der Waals surface area (Å²) in [4.78, 5) is 18.7. The summed E-state index contributed by atoms with van der Waals surface area (Å²) in [5.41, 5.74) is 0.263. The molecule has 0 bridgehead atoms. The van der Waals surface area contributed by atoms with Gasteiger partial charge >= 0.3 is 6.09 Å². The summed E-state index contributed by atoms with van der Waals surface area (Å²) in [7, 11) is 0. The Hall–Kier alpha value is -3.09. The predicted molar refractivity (Wildman–Crippen MR) is 104 cm³/mol. The van der Waals surface area contributed by atoms with E-state index in [9.17, 15) is 9.90 Å². The molecule has 7 nitrogen and oxygen atoms in total.